The van der Waals surface area contributed by atoms with Crippen LogP contribution in [0.1, 0.15) is 11.1 Å². The third-order valence-corrected chi connectivity index (χ3v) is 3.34. The van der Waals surface area contributed by atoms with Crippen molar-refractivity contribution in [1.29, 1.82) is 0 Å². The Kier molecular flexibility index (Phi) is 6.05. The van der Waals surface area contributed by atoms with Crippen molar-refractivity contribution in [1.82, 2.24) is 0 Å². The first-order valence-electron chi connectivity index (χ1n) is 4.77. The molecule has 0 radical (unpaired) electrons. The van der Waals surface area contributed by atoms with Gasteiger partial charge >= 0.3 is 6.61 Å². The molecule has 1 aromatic rings. The quantitative estimate of drug-likeness (QED) is 0.713. The lowest BCUT2D eigenvalue weighted by atomic mass is 10.0. The Labute approximate surface area is 115 Å². The number of alkyl halides is 4. The van der Waals surface area contributed by atoms with Gasteiger partial charge in [0.2, 0.25) is 0 Å². The molecule has 1 rings (SSSR count). The zero-order valence-electron chi connectivity index (χ0n) is 8.76. The number of hydrogen-bond acceptors (Lipinski definition) is 2. The number of hydrogen-bond donors (Lipinski definition) is 0. The Morgan fingerprint density at radius 3 is 2.59 bits per heavy atom. The third-order valence-electron chi connectivity index (χ3n) is 2.11. The summed E-state index contributed by atoms with van der Waals surface area (Å²) in [5.41, 5.74) is 1.28. The van der Waals surface area contributed by atoms with Crippen LogP contribution in [0.3, 0.4) is 0 Å². The van der Waals surface area contributed by atoms with E-state index in [4.69, 9.17) is 0 Å². The van der Waals surface area contributed by atoms with E-state index in [1.54, 1.807) is 12.1 Å². The number of halogens is 4. The minimum atomic E-state index is -2.89. The normalized spacial score (nSPS) is 10.6. The van der Waals surface area contributed by atoms with Crippen molar-refractivity contribution >= 4 is 37.6 Å². The van der Waals surface area contributed by atoms with Crippen molar-refractivity contribution < 1.29 is 18.3 Å². The van der Waals surface area contributed by atoms with E-state index in [9.17, 15) is 13.6 Å². The molecular weight excluding hydrogens is 362 g/mol. The second kappa shape index (κ2) is 7.06. The van der Waals surface area contributed by atoms with Crippen LogP contribution in [-0.4, -0.2) is 17.7 Å². The molecule has 1 aromatic carbocycles. The lowest BCUT2D eigenvalue weighted by Crippen LogP contribution is -2.10. The molecule has 0 atom stereocenters. The number of rotatable bonds is 6. The Morgan fingerprint density at radius 2 is 2.06 bits per heavy atom. The van der Waals surface area contributed by atoms with Gasteiger partial charge in [-0.15, -0.1) is 0 Å². The predicted octanol–water partition coefficient (Wildman–Crippen LogP) is 3.69. The van der Waals surface area contributed by atoms with Gasteiger partial charge in [-0.25, -0.2) is 0 Å². The van der Waals surface area contributed by atoms with E-state index >= 15 is 0 Å². The van der Waals surface area contributed by atoms with Gasteiger partial charge in [0.1, 0.15) is 11.5 Å². The highest BCUT2D eigenvalue weighted by Crippen LogP contribution is 2.26. The van der Waals surface area contributed by atoms with E-state index in [-0.39, 0.29) is 23.3 Å². The second-order valence-corrected chi connectivity index (χ2v) is 4.38. The number of carbonyl (C=O) groups excluding carboxylic acids is 1. The number of benzene rings is 1. The van der Waals surface area contributed by atoms with Crippen molar-refractivity contribution in [3.05, 3.63) is 29.3 Å². The summed E-state index contributed by atoms with van der Waals surface area (Å²) in [5.74, 6) is -0.0243. The molecule has 94 valence electrons. The van der Waals surface area contributed by atoms with Crippen molar-refractivity contribution in [3.8, 4) is 5.75 Å². The van der Waals surface area contributed by atoms with Gasteiger partial charge in [-0.2, -0.15) is 8.78 Å². The van der Waals surface area contributed by atoms with E-state index in [0.29, 0.717) is 10.9 Å². The van der Waals surface area contributed by atoms with Gasteiger partial charge < -0.3 is 4.74 Å². The van der Waals surface area contributed by atoms with Crippen LogP contribution in [0.4, 0.5) is 8.78 Å². The van der Waals surface area contributed by atoms with Crippen molar-refractivity contribution in [2.45, 2.75) is 18.4 Å². The summed E-state index contributed by atoms with van der Waals surface area (Å²) in [6.45, 7) is -2.89. The first-order chi connectivity index (χ1) is 8.08. The summed E-state index contributed by atoms with van der Waals surface area (Å²) < 4.78 is 28.9. The molecule has 0 aliphatic heterocycles. The topological polar surface area (TPSA) is 26.3 Å². The second-order valence-electron chi connectivity index (χ2n) is 3.26. The monoisotopic (exact) mass is 370 g/mol. The van der Waals surface area contributed by atoms with Crippen LogP contribution in [0.25, 0.3) is 0 Å². The highest BCUT2D eigenvalue weighted by Gasteiger charge is 2.15. The summed E-state index contributed by atoms with van der Waals surface area (Å²) in [7, 11) is 0. The number of ketones is 1. The maximum absolute atomic E-state index is 12.2. The number of ether oxygens (including phenoxy) is 1. The Morgan fingerprint density at radius 1 is 1.35 bits per heavy atom. The summed E-state index contributed by atoms with van der Waals surface area (Å²) >= 11 is 6.30. The third kappa shape index (κ3) is 4.35. The van der Waals surface area contributed by atoms with Crippen LogP contribution >= 0.6 is 31.9 Å². The molecule has 0 unspecified atom stereocenters. The fraction of sp³-hybridized carbons (Fsp3) is 0.364. The van der Waals surface area contributed by atoms with Crippen molar-refractivity contribution in [2.24, 2.45) is 0 Å². The van der Waals surface area contributed by atoms with E-state index in [0.717, 1.165) is 5.56 Å². The van der Waals surface area contributed by atoms with E-state index in [1.807, 2.05) is 0 Å². The smallest absolute Gasteiger partial charge is 0.387 e. The molecule has 0 aromatic heterocycles. The largest absolute Gasteiger partial charge is 0.435 e. The van der Waals surface area contributed by atoms with E-state index in [1.165, 1.54) is 6.07 Å². The standard InChI is InChI=1S/C11H10Br2F2O2/c12-5-7-2-1-3-10(17-11(14)15)9(7)4-8(16)6-13/h1-3,11H,4-6H2. The minimum Gasteiger partial charge on any atom is -0.435 e. The molecule has 0 fully saturated rings. The van der Waals surface area contributed by atoms with E-state index < -0.39 is 6.61 Å². The summed E-state index contributed by atoms with van der Waals surface area (Å²) in [5, 5.41) is 0.677. The molecule has 0 bridgehead atoms. The van der Waals surface area contributed by atoms with Gasteiger partial charge in [-0.1, -0.05) is 44.0 Å². The summed E-state index contributed by atoms with van der Waals surface area (Å²) in [4.78, 5) is 11.4. The fourth-order valence-corrected chi connectivity index (χ4v) is 2.11. The highest BCUT2D eigenvalue weighted by molar-refractivity contribution is 9.09. The molecule has 0 spiro atoms. The number of carbonyl (C=O) groups is 1. The lowest BCUT2D eigenvalue weighted by molar-refractivity contribution is -0.116. The molecule has 0 heterocycles. The molecule has 0 saturated carbocycles. The zero-order chi connectivity index (χ0) is 12.8. The zero-order valence-corrected chi connectivity index (χ0v) is 11.9. The molecule has 0 amide bonds. The fourth-order valence-electron chi connectivity index (χ4n) is 1.39. The molecule has 6 heteroatoms. The molecule has 0 saturated heterocycles. The minimum absolute atomic E-state index is 0.0613. The Bertz CT molecular complexity index is 397. The van der Waals surface area contributed by atoms with Crippen molar-refractivity contribution in [3.63, 3.8) is 0 Å². The van der Waals surface area contributed by atoms with Gasteiger partial charge in [0.05, 0.1) is 5.33 Å². The van der Waals surface area contributed by atoms with E-state index in [2.05, 4.69) is 36.6 Å². The first kappa shape index (κ1) is 14.6. The van der Waals surface area contributed by atoms with Crippen LogP contribution in [0, 0.1) is 0 Å². The van der Waals surface area contributed by atoms with Gasteiger partial charge in [0.25, 0.3) is 0 Å². The lowest BCUT2D eigenvalue weighted by Gasteiger charge is -2.13. The summed E-state index contributed by atoms with van der Waals surface area (Å²) in [6, 6.07) is 4.83. The van der Waals surface area contributed by atoms with Crippen LogP contribution in [0.15, 0.2) is 18.2 Å². The molecule has 0 aliphatic rings. The SMILES string of the molecule is O=C(CBr)Cc1c(CBr)cccc1OC(F)F. The van der Waals surface area contributed by atoms with Crippen LogP contribution < -0.4 is 4.74 Å². The predicted molar refractivity (Wildman–Crippen MR) is 68.2 cm³/mol. The van der Waals surface area contributed by atoms with Gasteiger partial charge in [0.15, 0.2) is 0 Å². The highest BCUT2D eigenvalue weighted by atomic mass is 79.9. The average molecular weight is 372 g/mol. The van der Waals surface area contributed by atoms with Crippen LogP contribution in [0.5, 0.6) is 5.75 Å². The maximum Gasteiger partial charge on any atom is 0.387 e. The average Bonchev–Trinajstić information content (AvgIpc) is 2.30. The maximum atomic E-state index is 12.2. The Hall–Kier alpha value is -0.490. The van der Waals surface area contributed by atoms with Crippen LogP contribution in [0.2, 0.25) is 0 Å². The van der Waals surface area contributed by atoms with Crippen LogP contribution in [-0.2, 0) is 16.5 Å². The molecule has 0 aliphatic carbocycles. The molecule has 0 N–H and O–H groups in total. The van der Waals surface area contributed by atoms with Gasteiger partial charge in [-0.05, 0) is 11.6 Å². The number of Topliss-reactive ketones (excluding diaryl/α,β-unsaturated/α-hetero) is 1. The van der Waals surface area contributed by atoms with Crippen molar-refractivity contribution in [2.75, 3.05) is 5.33 Å². The first-order valence-corrected chi connectivity index (χ1v) is 7.02. The van der Waals surface area contributed by atoms with Gasteiger partial charge in [0, 0.05) is 17.3 Å². The molecule has 2 nitrogen and oxygen atoms in total. The Balaban J connectivity index is 3.06. The molecule has 17 heavy (non-hydrogen) atoms. The molecular formula is C11H10Br2F2O2. The van der Waals surface area contributed by atoms with Gasteiger partial charge in [-0.3, -0.25) is 4.79 Å². The summed E-state index contributed by atoms with van der Waals surface area (Å²) in [6.07, 6.45) is 0.0784.